The summed E-state index contributed by atoms with van der Waals surface area (Å²) in [4.78, 5) is 42.7. The molecule has 1 aliphatic heterocycles. The molecule has 1 aromatic heterocycles. The van der Waals surface area contributed by atoms with Gasteiger partial charge in [-0.05, 0) is 54.3 Å². The van der Waals surface area contributed by atoms with Crippen molar-refractivity contribution in [3.05, 3.63) is 88.2 Å². The lowest BCUT2D eigenvalue weighted by Crippen LogP contribution is -2.34. The van der Waals surface area contributed by atoms with Gasteiger partial charge in [0.1, 0.15) is 5.70 Å². The van der Waals surface area contributed by atoms with E-state index in [9.17, 15) is 14.4 Å². The van der Waals surface area contributed by atoms with Crippen LogP contribution in [0.15, 0.2) is 77.8 Å². The summed E-state index contributed by atoms with van der Waals surface area (Å²) >= 11 is 1.41. The molecule has 2 amide bonds. The Balaban J connectivity index is 1.70. The molecular weight excluding hydrogens is 424 g/mol. The maximum atomic E-state index is 13.5. The van der Waals surface area contributed by atoms with E-state index in [1.807, 2.05) is 54.8 Å². The van der Waals surface area contributed by atoms with Gasteiger partial charge in [-0.2, -0.15) is 0 Å². The Labute approximate surface area is 190 Å². The number of carbonyl (C=O) groups excluding carboxylic acids is 3. The number of likely N-dealkylation sites (N-methyl/N-ethyl adjacent to an activating group) is 1. The molecule has 1 aliphatic rings. The number of hydrogen-bond acceptors (Lipinski definition) is 6. The van der Waals surface area contributed by atoms with E-state index < -0.39 is 17.8 Å². The molecule has 32 heavy (non-hydrogen) atoms. The fraction of sp³-hybridized carbons (Fsp3) is 0.160. The van der Waals surface area contributed by atoms with Gasteiger partial charge >= 0.3 is 5.97 Å². The van der Waals surface area contributed by atoms with Crippen molar-refractivity contribution >= 4 is 46.1 Å². The molecule has 162 valence electrons. The van der Waals surface area contributed by atoms with Crippen LogP contribution in [-0.2, 0) is 14.3 Å². The molecule has 0 saturated heterocycles. The van der Waals surface area contributed by atoms with E-state index in [0.29, 0.717) is 29.1 Å². The number of esters is 1. The Morgan fingerprint density at radius 1 is 0.969 bits per heavy atom. The maximum Gasteiger partial charge on any atom is 0.338 e. The minimum atomic E-state index is -0.431. The molecule has 0 N–H and O–H groups in total. The van der Waals surface area contributed by atoms with Crippen LogP contribution >= 0.6 is 11.3 Å². The smallest absolute Gasteiger partial charge is 0.338 e. The highest BCUT2D eigenvalue weighted by atomic mass is 32.1. The third-order valence-corrected chi connectivity index (χ3v) is 5.99. The topological polar surface area (TPSA) is 66.9 Å². The van der Waals surface area contributed by atoms with Crippen LogP contribution in [0.1, 0.15) is 28.6 Å². The molecule has 0 fully saturated rings. The number of ether oxygens (including phenoxy) is 1. The lowest BCUT2D eigenvalue weighted by Gasteiger charge is -2.21. The van der Waals surface area contributed by atoms with Crippen LogP contribution in [-0.4, -0.2) is 31.4 Å². The van der Waals surface area contributed by atoms with Crippen LogP contribution in [0.3, 0.4) is 0 Å². The molecule has 0 aliphatic carbocycles. The van der Waals surface area contributed by atoms with Crippen molar-refractivity contribution in [3.8, 4) is 0 Å². The fourth-order valence-electron chi connectivity index (χ4n) is 3.51. The molecule has 0 unspecified atom stereocenters. The average Bonchev–Trinajstić information content (AvgIpc) is 3.43. The van der Waals surface area contributed by atoms with Gasteiger partial charge in [0.05, 0.1) is 23.4 Å². The largest absolute Gasteiger partial charge is 0.462 e. The molecule has 6 nitrogen and oxygen atoms in total. The second kappa shape index (κ2) is 9.20. The van der Waals surface area contributed by atoms with E-state index >= 15 is 0 Å². The number of hydrogen-bond donors (Lipinski definition) is 0. The minimum absolute atomic E-state index is 0.315. The van der Waals surface area contributed by atoms with Crippen molar-refractivity contribution in [2.75, 3.05) is 23.5 Å². The van der Waals surface area contributed by atoms with Crippen molar-refractivity contribution in [3.63, 3.8) is 0 Å². The number of para-hydroxylation sites is 1. The number of rotatable bonds is 7. The molecule has 0 radical (unpaired) electrons. The molecule has 3 aromatic rings. The van der Waals surface area contributed by atoms with E-state index in [0.717, 1.165) is 21.9 Å². The molecule has 2 heterocycles. The number of imide groups is 1. The van der Waals surface area contributed by atoms with Crippen molar-refractivity contribution in [2.24, 2.45) is 0 Å². The summed E-state index contributed by atoms with van der Waals surface area (Å²) < 4.78 is 5.15. The third kappa shape index (κ3) is 3.94. The van der Waals surface area contributed by atoms with Gasteiger partial charge in [0.15, 0.2) is 0 Å². The van der Waals surface area contributed by atoms with Gasteiger partial charge in [0, 0.05) is 17.6 Å². The fourth-order valence-corrected chi connectivity index (χ4v) is 4.27. The number of nitrogens with zero attached hydrogens (tertiary/aromatic N) is 2. The van der Waals surface area contributed by atoms with Gasteiger partial charge in [-0.15, -0.1) is 11.3 Å². The zero-order valence-electron chi connectivity index (χ0n) is 17.8. The van der Waals surface area contributed by atoms with Gasteiger partial charge < -0.3 is 9.64 Å². The van der Waals surface area contributed by atoms with Crippen molar-refractivity contribution in [1.82, 2.24) is 0 Å². The van der Waals surface area contributed by atoms with Gasteiger partial charge in [-0.25, -0.2) is 9.69 Å². The van der Waals surface area contributed by atoms with Crippen LogP contribution in [0.2, 0.25) is 0 Å². The second-order valence-electron chi connectivity index (χ2n) is 7.22. The first-order valence-electron chi connectivity index (χ1n) is 10.3. The van der Waals surface area contributed by atoms with Crippen LogP contribution in [0.5, 0.6) is 0 Å². The van der Waals surface area contributed by atoms with Crippen molar-refractivity contribution < 1.29 is 19.1 Å². The van der Waals surface area contributed by atoms with Crippen LogP contribution in [0, 0.1) is 0 Å². The Hall–Kier alpha value is -3.71. The molecule has 0 spiro atoms. The van der Waals surface area contributed by atoms with Gasteiger partial charge in [0.25, 0.3) is 11.8 Å². The Morgan fingerprint density at radius 3 is 2.31 bits per heavy atom. The minimum Gasteiger partial charge on any atom is -0.462 e. The van der Waals surface area contributed by atoms with Crippen LogP contribution < -0.4 is 9.80 Å². The normalized spacial score (nSPS) is 13.6. The SMILES string of the molecule is CCCOC(=O)c1ccc(N2C(=O)C(c3cccs3)=C(N(C)c3ccccc3)C2=O)cc1. The summed E-state index contributed by atoms with van der Waals surface area (Å²) in [6.45, 7) is 2.26. The summed E-state index contributed by atoms with van der Waals surface area (Å²) in [7, 11) is 1.78. The summed E-state index contributed by atoms with van der Waals surface area (Å²) in [5, 5.41) is 1.87. The van der Waals surface area contributed by atoms with Gasteiger partial charge in [-0.1, -0.05) is 31.2 Å². The first kappa shape index (κ1) is 21.5. The number of thiophene rings is 1. The van der Waals surface area contributed by atoms with E-state index in [4.69, 9.17) is 4.74 Å². The summed E-state index contributed by atoms with van der Waals surface area (Å²) in [6.07, 6.45) is 0.732. The molecule has 7 heteroatoms. The second-order valence-corrected chi connectivity index (χ2v) is 8.17. The van der Waals surface area contributed by atoms with Crippen LogP contribution in [0.25, 0.3) is 5.57 Å². The zero-order chi connectivity index (χ0) is 22.7. The Bertz CT molecular complexity index is 1170. The number of carbonyl (C=O) groups is 3. The number of amides is 2. The third-order valence-electron chi connectivity index (χ3n) is 5.10. The highest BCUT2D eigenvalue weighted by Crippen LogP contribution is 2.37. The Morgan fingerprint density at radius 2 is 1.69 bits per heavy atom. The average molecular weight is 447 g/mol. The molecule has 0 atom stereocenters. The van der Waals surface area contributed by atoms with Gasteiger partial charge in [0.2, 0.25) is 0 Å². The maximum absolute atomic E-state index is 13.5. The lowest BCUT2D eigenvalue weighted by atomic mass is 10.1. The van der Waals surface area contributed by atoms with Gasteiger partial charge in [-0.3, -0.25) is 9.59 Å². The summed E-state index contributed by atoms with van der Waals surface area (Å²) in [6, 6.07) is 19.4. The van der Waals surface area contributed by atoms with Crippen molar-refractivity contribution in [2.45, 2.75) is 13.3 Å². The lowest BCUT2D eigenvalue weighted by molar-refractivity contribution is -0.120. The van der Waals surface area contributed by atoms with E-state index in [2.05, 4.69) is 0 Å². The quantitative estimate of drug-likeness (QED) is 0.388. The monoisotopic (exact) mass is 446 g/mol. The standard InChI is InChI=1S/C25H22N2O4S/c1-3-15-31-25(30)17-11-13-19(14-12-17)27-23(28)21(20-10-7-16-32-20)22(24(27)29)26(2)18-8-5-4-6-9-18/h4-14,16H,3,15H2,1-2H3. The van der Waals surface area contributed by atoms with E-state index in [-0.39, 0.29) is 0 Å². The zero-order valence-corrected chi connectivity index (χ0v) is 18.6. The highest BCUT2D eigenvalue weighted by molar-refractivity contribution is 7.11. The molecule has 0 bridgehead atoms. The highest BCUT2D eigenvalue weighted by Gasteiger charge is 2.42. The first-order chi connectivity index (χ1) is 15.5. The molecular formula is C25H22N2O4S. The molecule has 4 rings (SSSR count). The predicted molar refractivity (Wildman–Crippen MR) is 126 cm³/mol. The molecule has 2 aromatic carbocycles. The summed E-state index contributed by atoms with van der Waals surface area (Å²) in [5.41, 5.74) is 2.25. The van der Waals surface area contributed by atoms with E-state index in [1.165, 1.54) is 11.3 Å². The Kier molecular flexibility index (Phi) is 6.18. The predicted octanol–water partition coefficient (Wildman–Crippen LogP) is 4.74. The van der Waals surface area contributed by atoms with E-state index in [1.54, 1.807) is 36.2 Å². The van der Waals surface area contributed by atoms with Crippen molar-refractivity contribution in [1.29, 1.82) is 0 Å². The first-order valence-corrected chi connectivity index (χ1v) is 11.1. The molecule has 0 saturated carbocycles. The number of benzene rings is 2. The van der Waals surface area contributed by atoms with Crippen LogP contribution in [0.4, 0.5) is 11.4 Å². The summed E-state index contributed by atoms with van der Waals surface area (Å²) in [5.74, 6) is -1.23. The number of anilines is 2.